The van der Waals surface area contributed by atoms with E-state index in [9.17, 15) is 0 Å². The fourth-order valence-corrected chi connectivity index (χ4v) is 4.43. The number of hydrazine groups is 1. The van der Waals surface area contributed by atoms with E-state index in [4.69, 9.17) is 5.84 Å². The Morgan fingerprint density at radius 2 is 2.00 bits per heavy atom. The molecular weight excluding hydrogens is 344 g/mol. The Morgan fingerprint density at radius 3 is 2.71 bits per heavy atom. The van der Waals surface area contributed by atoms with Gasteiger partial charge in [0.2, 0.25) is 0 Å². The molecule has 0 radical (unpaired) electrons. The summed E-state index contributed by atoms with van der Waals surface area (Å²) < 4.78 is 1.12. The Bertz CT molecular complexity index is 590. The van der Waals surface area contributed by atoms with Crippen LogP contribution in [0.15, 0.2) is 64.0 Å². The second-order valence-electron chi connectivity index (χ2n) is 5.46. The van der Waals surface area contributed by atoms with Crippen LogP contribution in [-0.2, 0) is 0 Å². The lowest BCUT2D eigenvalue weighted by molar-refractivity contribution is 0.511. The summed E-state index contributed by atoms with van der Waals surface area (Å²) in [5.74, 6) is 8.09. The van der Waals surface area contributed by atoms with Crippen LogP contribution < -0.4 is 11.3 Å². The number of nitrogens with one attached hydrogen (secondary N) is 1. The minimum absolute atomic E-state index is 0.360. The van der Waals surface area contributed by atoms with E-state index in [2.05, 4.69) is 76.0 Å². The fraction of sp³-hybridized carbons (Fsp3) is 0.294. The molecule has 0 aromatic heterocycles. The van der Waals surface area contributed by atoms with Crippen LogP contribution in [0.4, 0.5) is 0 Å². The summed E-state index contributed by atoms with van der Waals surface area (Å²) >= 11 is 5.37. The molecule has 0 spiro atoms. The van der Waals surface area contributed by atoms with Crippen molar-refractivity contribution in [3.63, 3.8) is 0 Å². The maximum atomic E-state index is 5.78. The molecule has 0 aliphatic heterocycles. The number of benzene rings is 2. The zero-order valence-electron chi connectivity index (χ0n) is 11.7. The predicted molar refractivity (Wildman–Crippen MR) is 93.3 cm³/mol. The third kappa shape index (κ3) is 3.89. The lowest BCUT2D eigenvalue weighted by atomic mass is 10.1. The van der Waals surface area contributed by atoms with Crippen molar-refractivity contribution >= 4 is 27.7 Å². The van der Waals surface area contributed by atoms with Crippen LogP contribution >= 0.6 is 27.7 Å². The van der Waals surface area contributed by atoms with E-state index in [1.807, 2.05) is 11.8 Å². The highest BCUT2D eigenvalue weighted by Gasteiger charge is 2.43. The van der Waals surface area contributed by atoms with Crippen LogP contribution in [0.1, 0.15) is 17.9 Å². The number of nitrogens with two attached hydrogens (primary N) is 1. The first kappa shape index (κ1) is 15.1. The van der Waals surface area contributed by atoms with Gasteiger partial charge in [-0.2, -0.15) is 0 Å². The maximum absolute atomic E-state index is 5.78. The molecule has 3 rings (SSSR count). The lowest BCUT2D eigenvalue weighted by Gasteiger charge is -2.15. The number of hydrogen-bond donors (Lipinski definition) is 2. The van der Waals surface area contributed by atoms with Gasteiger partial charge in [-0.1, -0.05) is 52.3 Å². The molecule has 2 aromatic carbocycles. The predicted octanol–water partition coefficient (Wildman–Crippen LogP) is 4.18. The van der Waals surface area contributed by atoms with Crippen LogP contribution in [0.2, 0.25) is 0 Å². The molecule has 21 heavy (non-hydrogen) atoms. The Morgan fingerprint density at radius 1 is 1.19 bits per heavy atom. The topological polar surface area (TPSA) is 38.0 Å². The van der Waals surface area contributed by atoms with Gasteiger partial charge in [-0.15, -0.1) is 11.8 Å². The molecule has 4 heteroatoms. The molecule has 3 atom stereocenters. The van der Waals surface area contributed by atoms with E-state index < -0.39 is 0 Å². The van der Waals surface area contributed by atoms with Crippen molar-refractivity contribution in [2.24, 2.45) is 11.8 Å². The zero-order chi connectivity index (χ0) is 14.7. The van der Waals surface area contributed by atoms with E-state index >= 15 is 0 Å². The van der Waals surface area contributed by atoms with Crippen molar-refractivity contribution < 1.29 is 0 Å². The SMILES string of the molecule is NNC(CSc1cccc(Br)c1)C1CC1c1ccccc1. The summed E-state index contributed by atoms with van der Waals surface area (Å²) in [5.41, 5.74) is 4.46. The Kier molecular flexibility index (Phi) is 5.01. The molecule has 2 nitrogen and oxygen atoms in total. The van der Waals surface area contributed by atoms with E-state index in [0.29, 0.717) is 17.9 Å². The first-order valence-electron chi connectivity index (χ1n) is 7.17. The molecule has 1 aliphatic carbocycles. The van der Waals surface area contributed by atoms with Crippen molar-refractivity contribution in [3.8, 4) is 0 Å². The molecule has 3 N–H and O–H groups in total. The molecule has 0 amide bonds. The minimum atomic E-state index is 0.360. The van der Waals surface area contributed by atoms with E-state index in [1.165, 1.54) is 16.9 Å². The number of halogens is 1. The average Bonchev–Trinajstić information content (AvgIpc) is 3.29. The Hall–Kier alpha value is -0.810. The summed E-state index contributed by atoms with van der Waals surface area (Å²) in [4.78, 5) is 1.28. The van der Waals surface area contributed by atoms with Gasteiger partial charge in [0, 0.05) is 21.2 Å². The molecule has 110 valence electrons. The van der Waals surface area contributed by atoms with E-state index in [-0.39, 0.29) is 0 Å². The summed E-state index contributed by atoms with van der Waals surface area (Å²) in [6, 6.07) is 19.5. The summed E-state index contributed by atoms with van der Waals surface area (Å²) in [5, 5.41) is 0. The maximum Gasteiger partial charge on any atom is 0.0338 e. The van der Waals surface area contributed by atoms with Crippen molar-refractivity contribution in [1.82, 2.24) is 5.43 Å². The minimum Gasteiger partial charge on any atom is -0.271 e. The number of hydrogen-bond acceptors (Lipinski definition) is 3. The van der Waals surface area contributed by atoms with E-state index in [0.717, 1.165) is 10.2 Å². The van der Waals surface area contributed by atoms with Gasteiger partial charge < -0.3 is 0 Å². The molecule has 2 aromatic rings. The summed E-state index contributed by atoms with van der Waals surface area (Å²) in [6.07, 6.45) is 1.23. The van der Waals surface area contributed by atoms with Crippen molar-refractivity contribution in [2.75, 3.05) is 5.75 Å². The second-order valence-corrected chi connectivity index (χ2v) is 7.47. The molecule has 1 fully saturated rings. The zero-order valence-corrected chi connectivity index (χ0v) is 14.1. The van der Waals surface area contributed by atoms with Gasteiger partial charge in [0.25, 0.3) is 0 Å². The van der Waals surface area contributed by atoms with Crippen LogP contribution in [0.25, 0.3) is 0 Å². The van der Waals surface area contributed by atoms with Crippen LogP contribution in [-0.4, -0.2) is 11.8 Å². The standard InChI is InChI=1S/C17H19BrN2S/c18-13-7-4-8-14(9-13)21-11-17(20-19)16-10-15(16)12-5-2-1-3-6-12/h1-9,15-17,20H,10-11,19H2. The van der Waals surface area contributed by atoms with Gasteiger partial charge in [0.05, 0.1) is 0 Å². The van der Waals surface area contributed by atoms with Gasteiger partial charge >= 0.3 is 0 Å². The third-order valence-electron chi connectivity index (χ3n) is 4.02. The van der Waals surface area contributed by atoms with Gasteiger partial charge in [0.1, 0.15) is 0 Å². The molecule has 0 bridgehead atoms. The highest BCUT2D eigenvalue weighted by atomic mass is 79.9. The highest BCUT2D eigenvalue weighted by Crippen LogP contribution is 2.50. The normalized spacial score (nSPS) is 22.0. The first-order valence-corrected chi connectivity index (χ1v) is 8.95. The first-order chi connectivity index (χ1) is 10.3. The van der Waals surface area contributed by atoms with Crippen LogP contribution in [0.3, 0.4) is 0 Å². The van der Waals surface area contributed by atoms with E-state index in [1.54, 1.807) is 0 Å². The quantitative estimate of drug-likeness (QED) is 0.459. The molecule has 0 heterocycles. The average molecular weight is 363 g/mol. The molecule has 0 saturated heterocycles. The Labute approximate surface area is 138 Å². The number of rotatable bonds is 6. The molecule has 3 unspecified atom stereocenters. The fourth-order valence-electron chi connectivity index (χ4n) is 2.78. The van der Waals surface area contributed by atoms with Gasteiger partial charge in [-0.3, -0.25) is 11.3 Å². The van der Waals surface area contributed by atoms with Gasteiger partial charge in [-0.05, 0) is 42.0 Å². The molecular formula is C17H19BrN2S. The van der Waals surface area contributed by atoms with Crippen molar-refractivity contribution in [2.45, 2.75) is 23.3 Å². The van der Waals surface area contributed by atoms with Gasteiger partial charge in [0.15, 0.2) is 0 Å². The van der Waals surface area contributed by atoms with Crippen LogP contribution in [0, 0.1) is 5.92 Å². The smallest absolute Gasteiger partial charge is 0.0338 e. The Balaban J connectivity index is 1.57. The second kappa shape index (κ2) is 6.97. The molecule has 1 aliphatic rings. The number of thioether (sulfide) groups is 1. The van der Waals surface area contributed by atoms with Crippen molar-refractivity contribution in [3.05, 3.63) is 64.6 Å². The van der Waals surface area contributed by atoms with Gasteiger partial charge in [-0.25, -0.2) is 0 Å². The lowest BCUT2D eigenvalue weighted by Crippen LogP contribution is -2.39. The summed E-state index contributed by atoms with van der Waals surface area (Å²) in [7, 11) is 0. The van der Waals surface area contributed by atoms with Crippen molar-refractivity contribution in [1.29, 1.82) is 0 Å². The largest absolute Gasteiger partial charge is 0.271 e. The molecule has 1 saturated carbocycles. The third-order valence-corrected chi connectivity index (χ3v) is 5.63. The monoisotopic (exact) mass is 362 g/mol. The summed E-state index contributed by atoms with van der Waals surface area (Å²) in [6.45, 7) is 0. The van der Waals surface area contributed by atoms with Crippen LogP contribution in [0.5, 0.6) is 0 Å². The highest BCUT2D eigenvalue weighted by molar-refractivity contribution is 9.10.